The number of primary amides is 1. The highest BCUT2D eigenvalue weighted by molar-refractivity contribution is 5.78. The van der Waals surface area contributed by atoms with Crippen LogP contribution in [-0.4, -0.2) is 18.5 Å². The van der Waals surface area contributed by atoms with Gasteiger partial charge in [0.1, 0.15) is 5.82 Å². The summed E-state index contributed by atoms with van der Waals surface area (Å²) < 4.78 is 14.0. The monoisotopic (exact) mass is 279 g/mol. The van der Waals surface area contributed by atoms with Crippen molar-refractivity contribution in [3.05, 3.63) is 29.6 Å². The van der Waals surface area contributed by atoms with Crippen molar-refractivity contribution in [1.29, 1.82) is 0 Å². The van der Waals surface area contributed by atoms with Gasteiger partial charge in [0, 0.05) is 29.9 Å². The van der Waals surface area contributed by atoms with Crippen molar-refractivity contribution in [2.75, 3.05) is 11.4 Å². The number of rotatable bonds is 3. The molecule has 1 fully saturated rings. The summed E-state index contributed by atoms with van der Waals surface area (Å²) in [4.78, 5) is 13.5. The van der Waals surface area contributed by atoms with Crippen LogP contribution in [-0.2, 0) is 4.79 Å². The van der Waals surface area contributed by atoms with E-state index in [0.717, 1.165) is 18.5 Å². The van der Waals surface area contributed by atoms with E-state index in [1.165, 1.54) is 6.07 Å². The maximum Gasteiger partial charge on any atom is 0.222 e. The van der Waals surface area contributed by atoms with Crippen molar-refractivity contribution in [2.24, 2.45) is 17.4 Å². The molecule has 110 valence electrons. The molecule has 5 heteroatoms. The highest BCUT2D eigenvalue weighted by Crippen LogP contribution is 2.33. The molecule has 1 aromatic carbocycles. The highest BCUT2D eigenvalue weighted by atomic mass is 19.1. The van der Waals surface area contributed by atoms with E-state index in [4.69, 9.17) is 11.5 Å². The number of anilines is 1. The average Bonchev–Trinajstić information content (AvgIpc) is 2.38. The summed E-state index contributed by atoms with van der Waals surface area (Å²) in [6.07, 6.45) is 1.65. The van der Waals surface area contributed by atoms with Gasteiger partial charge in [0.15, 0.2) is 0 Å². The van der Waals surface area contributed by atoms with Crippen molar-refractivity contribution in [2.45, 2.75) is 38.8 Å². The van der Waals surface area contributed by atoms with Crippen LogP contribution in [0.3, 0.4) is 0 Å². The standard InChI is InChI=1S/C15H22FN3O/c1-9-6-7-11(15(18)20)8-19(9)13-5-3-4-12(16)14(13)10(2)17/h3-5,9-11H,6-8,17H2,1-2H3,(H2,18,20). The molecule has 1 aliphatic rings. The van der Waals surface area contributed by atoms with Crippen molar-refractivity contribution in [1.82, 2.24) is 0 Å². The van der Waals surface area contributed by atoms with Gasteiger partial charge in [0.25, 0.3) is 0 Å². The molecule has 3 unspecified atom stereocenters. The summed E-state index contributed by atoms with van der Waals surface area (Å²) in [5.41, 5.74) is 12.6. The van der Waals surface area contributed by atoms with Crippen LogP contribution in [0.5, 0.6) is 0 Å². The van der Waals surface area contributed by atoms with Gasteiger partial charge in [0.2, 0.25) is 5.91 Å². The largest absolute Gasteiger partial charge is 0.369 e. The molecule has 0 bridgehead atoms. The lowest BCUT2D eigenvalue weighted by atomic mass is 9.91. The first-order valence-electron chi connectivity index (χ1n) is 7.01. The minimum absolute atomic E-state index is 0.185. The molecule has 2 rings (SSSR count). The average molecular weight is 279 g/mol. The molecule has 0 saturated carbocycles. The van der Waals surface area contributed by atoms with E-state index in [1.807, 2.05) is 6.07 Å². The molecule has 1 saturated heterocycles. The van der Waals surface area contributed by atoms with Crippen molar-refractivity contribution in [3.63, 3.8) is 0 Å². The van der Waals surface area contributed by atoms with Gasteiger partial charge >= 0.3 is 0 Å². The molecular formula is C15H22FN3O. The van der Waals surface area contributed by atoms with Crippen LogP contribution < -0.4 is 16.4 Å². The molecular weight excluding hydrogens is 257 g/mol. The second-order valence-corrected chi connectivity index (χ2v) is 5.64. The number of nitrogens with two attached hydrogens (primary N) is 2. The Balaban J connectivity index is 2.38. The lowest BCUT2D eigenvalue weighted by Gasteiger charge is -2.40. The van der Waals surface area contributed by atoms with E-state index in [-0.39, 0.29) is 23.7 Å². The number of hydrogen-bond acceptors (Lipinski definition) is 3. The Labute approximate surface area is 118 Å². The van der Waals surface area contributed by atoms with Crippen LogP contribution in [0.1, 0.15) is 38.3 Å². The van der Waals surface area contributed by atoms with Crippen molar-refractivity contribution >= 4 is 11.6 Å². The number of benzene rings is 1. The predicted molar refractivity (Wildman–Crippen MR) is 77.7 cm³/mol. The van der Waals surface area contributed by atoms with Crippen molar-refractivity contribution < 1.29 is 9.18 Å². The van der Waals surface area contributed by atoms with Gasteiger partial charge < -0.3 is 16.4 Å². The SMILES string of the molecule is CC(N)c1c(F)cccc1N1CC(C(N)=O)CCC1C. The quantitative estimate of drug-likeness (QED) is 0.888. The Hall–Kier alpha value is -1.62. The molecule has 4 N–H and O–H groups in total. The van der Waals surface area contributed by atoms with E-state index in [2.05, 4.69) is 11.8 Å². The number of hydrogen-bond donors (Lipinski definition) is 2. The zero-order valence-electron chi connectivity index (χ0n) is 12.0. The second-order valence-electron chi connectivity index (χ2n) is 5.64. The van der Waals surface area contributed by atoms with Gasteiger partial charge in [-0.3, -0.25) is 4.79 Å². The van der Waals surface area contributed by atoms with Gasteiger partial charge in [-0.05, 0) is 38.8 Å². The van der Waals surface area contributed by atoms with E-state index in [1.54, 1.807) is 13.0 Å². The molecule has 1 heterocycles. The van der Waals surface area contributed by atoms with Crippen LogP contribution >= 0.6 is 0 Å². The van der Waals surface area contributed by atoms with Gasteiger partial charge in [-0.2, -0.15) is 0 Å². The number of halogens is 1. The van der Waals surface area contributed by atoms with Crippen LogP contribution in [0.2, 0.25) is 0 Å². The summed E-state index contributed by atoms with van der Waals surface area (Å²) in [5, 5.41) is 0. The van der Waals surface area contributed by atoms with E-state index < -0.39 is 6.04 Å². The lowest BCUT2D eigenvalue weighted by molar-refractivity contribution is -0.122. The Morgan fingerprint density at radius 3 is 2.75 bits per heavy atom. The number of amides is 1. The smallest absolute Gasteiger partial charge is 0.222 e. The predicted octanol–water partition coefficient (Wildman–Crippen LogP) is 1.94. The molecule has 3 atom stereocenters. The van der Waals surface area contributed by atoms with E-state index in [0.29, 0.717) is 12.1 Å². The maximum atomic E-state index is 14.0. The summed E-state index contributed by atoms with van der Waals surface area (Å²) in [6.45, 7) is 4.37. The van der Waals surface area contributed by atoms with Crippen LogP contribution in [0.25, 0.3) is 0 Å². The molecule has 0 aliphatic carbocycles. The molecule has 1 aliphatic heterocycles. The summed E-state index contributed by atoms with van der Waals surface area (Å²) in [7, 11) is 0. The number of carbonyl (C=O) groups is 1. The maximum absolute atomic E-state index is 14.0. The summed E-state index contributed by atoms with van der Waals surface area (Å²) in [6, 6.07) is 4.80. The molecule has 0 radical (unpaired) electrons. The first kappa shape index (κ1) is 14.8. The summed E-state index contributed by atoms with van der Waals surface area (Å²) in [5.74, 6) is -0.776. The molecule has 0 spiro atoms. The number of nitrogens with zero attached hydrogens (tertiary/aromatic N) is 1. The van der Waals surface area contributed by atoms with Gasteiger partial charge in [-0.15, -0.1) is 0 Å². The van der Waals surface area contributed by atoms with Crippen LogP contribution in [0.15, 0.2) is 18.2 Å². The fourth-order valence-electron chi connectivity index (χ4n) is 2.90. The number of carbonyl (C=O) groups excluding carboxylic acids is 1. The third kappa shape index (κ3) is 2.77. The molecule has 1 aromatic rings. The zero-order valence-corrected chi connectivity index (χ0v) is 12.0. The van der Waals surface area contributed by atoms with Crippen molar-refractivity contribution in [3.8, 4) is 0 Å². The van der Waals surface area contributed by atoms with E-state index in [9.17, 15) is 9.18 Å². The Morgan fingerprint density at radius 2 is 2.15 bits per heavy atom. The third-order valence-corrected chi connectivity index (χ3v) is 4.08. The molecule has 1 amide bonds. The van der Waals surface area contributed by atoms with Gasteiger partial charge in [-0.25, -0.2) is 4.39 Å². The summed E-state index contributed by atoms with van der Waals surface area (Å²) >= 11 is 0. The Bertz CT molecular complexity index is 504. The third-order valence-electron chi connectivity index (χ3n) is 4.08. The van der Waals surface area contributed by atoms with Gasteiger partial charge in [0.05, 0.1) is 5.92 Å². The molecule has 0 aromatic heterocycles. The lowest BCUT2D eigenvalue weighted by Crippen LogP contribution is -2.46. The Kier molecular flexibility index (Phi) is 4.28. The van der Waals surface area contributed by atoms with Crippen LogP contribution in [0, 0.1) is 11.7 Å². The van der Waals surface area contributed by atoms with E-state index >= 15 is 0 Å². The highest BCUT2D eigenvalue weighted by Gasteiger charge is 2.30. The van der Waals surface area contributed by atoms with Crippen LogP contribution in [0.4, 0.5) is 10.1 Å². The molecule has 20 heavy (non-hydrogen) atoms. The first-order valence-corrected chi connectivity index (χ1v) is 7.01. The fraction of sp³-hybridized carbons (Fsp3) is 0.533. The second kappa shape index (κ2) is 5.79. The minimum atomic E-state index is -0.396. The topological polar surface area (TPSA) is 72.3 Å². The number of piperidine rings is 1. The zero-order chi connectivity index (χ0) is 14.9. The molecule has 4 nitrogen and oxygen atoms in total. The normalized spacial score (nSPS) is 24.5. The van der Waals surface area contributed by atoms with Gasteiger partial charge in [-0.1, -0.05) is 6.07 Å². The minimum Gasteiger partial charge on any atom is -0.369 e. The Morgan fingerprint density at radius 1 is 1.45 bits per heavy atom. The first-order chi connectivity index (χ1) is 9.41. The fourth-order valence-corrected chi connectivity index (χ4v) is 2.90.